The Balaban J connectivity index is 1.88. The summed E-state index contributed by atoms with van der Waals surface area (Å²) < 4.78 is 10.3. The predicted octanol–water partition coefficient (Wildman–Crippen LogP) is 3.30. The van der Waals surface area contributed by atoms with Crippen LogP contribution < -0.4 is 10.6 Å². The molecule has 0 unspecified atom stereocenters. The van der Waals surface area contributed by atoms with Crippen molar-refractivity contribution in [3.8, 4) is 0 Å². The lowest BCUT2D eigenvalue weighted by Crippen LogP contribution is -2.49. The van der Waals surface area contributed by atoms with Crippen molar-refractivity contribution in [3.63, 3.8) is 0 Å². The van der Waals surface area contributed by atoms with Gasteiger partial charge in [-0.05, 0) is 39.2 Å². The fraction of sp³-hybridized carbons (Fsp3) is 0.450. The first-order valence-corrected chi connectivity index (χ1v) is 8.90. The van der Waals surface area contributed by atoms with E-state index in [1.54, 1.807) is 20.8 Å². The van der Waals surface area contributed by atoms with Gasteiger partial charge in [0.1, 0.15) is 12.2 Å². The lowest BCUT2D eigenvalue weighted by atomic mass is 9.88. The van der Waals surface area contributed by atoms with Crippen molar-refractivity contribution in [2.75, 3.05) is 0 Å². The van der Waals surface area contributed by atoms with E-state index in [4.69, 9.17) is 9.47 Å². The van der Waals surface area contributed by atoms with Gasteiger partial charge in [-0.2, -0.15) is 0 Å². The van der Waals surface area contributed by atoms with Gasteiger partial charge in [-0.3, -0.25) is 10.1 Å². The van der Waals surface area contributed by atoms with Gasteiger partial charge in [-0.1, -0.05) is 42.5 Å². The van der Waals surface area contributed by atoms with Crippen LogP contribution in [0.15, 0.2) is 42.5 Å². The number of carbonyl (C=O) groups is 3. The minimum Gasteiger partial charge on any atom is -0.445 e. The molecule has 1 aliphatic rings. The Bertz CT molecular complexity index is 694. The molecule has 7 nitrogen and oxygen atoms in total. The molecule has 1 aromatic carbocycles. The van der Waals surface area contributed by atoms with E-state index in [0.717, 1.165) is 5.56 Å². The molecule has 1 aromatic rings. The molecule has 0 bridgehead atoms. The maximum Gasteiger partial charge on any atom is 0.414 e. The molecule has 146 valence electrons. The third-order valence-electron chi connectivity index (χ3n) is 3.91. The topological polar surface area (TPSA) is 93.7 Å². The van der Waals surface area contributed by atoms with E-state index >= 15 is 0 Å². The second kappa shape index (κ2) is 9.21. The molecule has 2 rings (SSSR count). The lowest BCUT2D eigenvalue weighted by molar-refractivity contribution is -0.125. The molecule has 3 amide bonds. The fourth-order valence-electron chi connectivity index (χ4n) is 2.68. The van der Waals surface area contributed by atoms with Gasteiger partial charge in [0.05, 0.1) is 5.92 Å². The van der Waals surface area contributed by atoms with E-state index in [0.29, 0.717) is 12.8 Å². The number of imide groups is 1. The molecule has 0 heterocycles. The fourth-order valence-corrected chi connectivity index (χ4v) is 2.68. The first-order chi connectivity index (χ1) is 12.7. The zero-order valence-electron chi connectivity index (χ0n) is 15.9. The molecule has 7 heteroatoms. The van der Waals surface area contributed by atoms with Gasteiger partial charge >= 0.3 is 12.2 Å². The van der Waals surface area contributed by atoms with Crippen LogP contribution in [0.5, 0.6) is 0 Å². The van der Waals surface area contributed by atoms with Crippen LogP contribution in [0.1, 0.15) is 39.2 Å². The molecular weight excluding hydrogens is 348 g/mol. The smallest absolute Gasteiger partial charge is 0.414 e. The van der Waals surface area contributed by atoms with Gasteiger partial charge in [0.25, 0.3) is 0 Å². The number of alkyl carbamates (subject to hydrolysis) is 2. The summed E-state index contributed by atoms with van der Waals surface area (Å²) in [6, 6.07) is 8.85. The van der Waals surface area contributed by atoms with E-state index in [1.807, 2.05) is 42.5 Å². The van der Waals surface area contributed by atoms with Crippen LogP contribution in [-0.2, 0) is 20.9 Å². The molecule has 0 spiro atoms. The van der Waals surface area contributed by atoms with Crippen LogP contribution >= 0.6 is 0 Å². The van der Waals surface area contributed by atoms with Crippen LogP contribution in [0.25, 0.3) is 0 Å². The Morgan fingerprint density at radius 2 is 1.70 bits per heavy atom. The van der Waals surface area contributed by atoms with Gasteiger partial charge in [-0.15, -0.1) is 0 Å². The SMILES string of the molecule is CC(C)(C)OC(=O)NC(=O)[C@@H]1CC=CC[C@@H]1NC(=O)OCc1ccccc1. The molecule has 0 radical (unpaired) electrons. The first-order valence-electron chi connectivity index (χ1n) is 8.90. The van der Waals surface area contributed by atoms with Crippen LogP contribution in [0.4, 0.5) is 9.59 Å². The highest BCUT2D eigenvalue weighted by Gasteiger charge is 2.32. The van der Waals surface area contributed by atoms with E-state index < -0.39 is 35.7 Å². The highest BCUT2D eigenvalue weighted by atomic mass is 16.6. The number of allylic oxidation sites excluding steroid dienone is 1. The number of carbonyl (C=O) groups excluding carboxylic acids is 3. The van der Waals surface area contributed by atoms with E-state index in [1.165, 1.54) is 0 Å². The molecule has 1 aliphatic carbocycles. The zero-order chi connectivity index (χ0) is 19.9. The van der Waals surface area contributed by atoms with Crippen molar-refractivity contribution in [1.82, 2.24) is 10.6 Å². The standard InChI is InChI=1S/C20H26N2O5/c1-20(2,3)27-19(25)22-17(23)15-11-7-8-12-16(15)21-18(24)26-13-14-9-5-4-6-10-14/h4-10,15-16H,11-13H2,1-3H3,(H,21,24)(H,22,23,25)/t15-,16+/m1/s1. The van der Waals surface area contributed by atoms with E-state index in [2.05, 4.69) is 10.6 Å². The Kier molecular flexibility index (Phi) is 6.98. The minimum absolute atomic E-state index is 0.143. The normalized spacial score (nSPS) is 19.1. The van der Waals surface area contributed by atoms with Crippen molar-refractivity contribution in [2.24, 2.45) is 5.92 Å². The Hall–Kier alpha value is -2.83. The quantitative estimate of drug-likeness (QED) is 0.789. The van der Waals surface area contributed by atoms with Gasteiger partial charge in [0, 0.05) is 6.04 Å². The molecule has 0 aromatic heterocycles. The van der Waals surface area contributed by atoms with Crippen LogP contribution in [0.2, 0.25) is 0 Å². The maximum atomic E-state index is 12.4. The molecular formula is C20H26N2O5. The number of rotatable bonds is 4. The average molecular weight is 374 g/mol. The second-order valence-corrected chi connectivity index (χ2v) is 7.35. The van der Waals surface area contributed by atoms with Crippen LogP contribution in [-0.4, -0.2) is 29.7 Å². The van der Waals surface area contributed by atoms with Gasteiger partial charge < -0.3 is 14.8 Å². The van der Waals surface area contributed by atoms with Gasteiger partial charge in [0.2, 0.25) is 5.91 Å². The Morgan fingerprint density at radius 3 is 2.37 bits per heavy atom. The largest absolute Gasteiger partial charge is 0.445 e. The highest BCUT2D eigenvalue weighted by molar-refractivity contribution is 5.94. The number of benzene rings is 1. The summed E-state index contributed by atoms with van der Waals surface area (Å²) in [6.07, 6.45) is 3.24. The molecule has 0 fully saturated rings. The maximum absolute atomic E-state index is 12.4. The number of ether oxygens (including phenoxy) is 2. The summed E-state index contributed by atoms with van der Waals surface area (Å²) in [5, 5.41) is 4.96. The minimum atomic E-state index is -0.799. The average Bonchev–Trinajstić information content (AvgIpc) is 2.59. The molecule has 0 aliphatic heterocycles. The van der Waals surface area contributed by atoms with Gasteiger partial charge in [0.15, 0.2) is 0 Å². The van der Waals surface area contributed by atoms with Gasteiger partial charge in [-0.25, -0.2) is 9.59 Å². The number of amides is 3. The van der Waals surface area contributed by atoms with Crippen molar-refractivity contribution >= 4 is 18.1 Å². The molecule has 2 atom stereocenters. The van der Waals surface area contributed by atoms with E-state index in [-0.39, 0.29) is 6.61 Å². The summed E-state index contributed by atoms with van der Waals surface area (Å²) in [5.74, 6) is -1.06. The highest BCUT2D eigenvalue weighted by Crippen LogP contribution is 2.20. The van der Waals surface area contributed by atoms with Crippen molar-refractivity contribution < 1.29 is 23.9 Å². The number of nitrogens with one attached hydrogen (secondary N) is 2. The predicted molar refractivity (Wildman–Crippen MR) is 99.8 cm³/mol. The zero-order valence-corrected chi connectivity index (χ0v) is 15.9. The first kappa shape index (κ1) is 20.5. The molecule has 2 N–H and O–H groups in total. The van der Waals surface area contributed by atoms with Crippen molar-refractivity contribution in [1.29, 1.82) is 0 Å². The van der Waals surface area contributed by atoms with Crippen LogP contribution in [0, 0.1) is 5.92 Å². The summed E-state index contributed by atoms with van der Waals surface area (Å²) >= 11 is 0. The summed E-state index contributed by atoms with van der Waals surface area (Å²) in [5.41, 5.74) is 0.172. The van der Waals surface area contributed by atoms with E-state index in [9.17, 15) is 14.4 Å². The lowest BCUT2D eigenvalue weighted by Gasteiger charge is -2.28. The Morgan fingerprint density at radius 1 is 1.04 bits per heavy atom. The summed E-state index contributed by atoms with van der Waals surface area (Å²) in [4.78, 5) is 36.3. The molecule has 0 saturated carbocycles. The number of hydrogen-bond donors (Lipinski definition) is 2. The molecule has 0 saturated heterocycles. The van der Waals surface area contributed by atoms with Crippen molar-refractivity contribution in [3.05, 3.63) is 48.0 Å². The van der Waals surface area contributed by atoms with Crippen molar-refractivity contribution in [2.45, 2.75) is 51.9 Å². The van der Waals surface area contributed by atoms with Crippen LogP contribution in [0.3, 0.4) is 0 Å². The number of hydrogen-bond acceptors (Lipinski definition) is 5. The second-order valence-electron chi connectivity index (χ2n) is 7.35. The molecule has 27 heavy (non-hydrogen) atoms. The summed E-state index contributed by atoms with van der Waals surface area (Å²) in [6.45, 7) is 5.29. The third kappa shape index (κ3) is 7.13. The Labute approximate surface area is 159 Å². The summed E-state index contributed by atoms with van der Waals surface area (Å²) in [7, 11) is 0. The third-order valence-corrected chi connectivity index (χ3v) is 3.91. The monoisotopic (exact) mass is 374 g/mol.